The lowest BCUT2D eigenvalue weighted by Gasteiger charge is -2.10. The summed E-state index contributed by atoms with van der Waals surface area (Å²) in [6.45, 7) is 2.49. The Labute approximate surface area is 117 Å². The van der Waals surface area contributed by atoms with Gasteiger partial charge < -0.3 is 10.6 Å². The van der Waals surface area contributed by atoms with Crippen LogP contribution in [0.3, 0.4) is 0 Å². The predicted octanol–water partition coefficient (Wildman–Crippen LogP) is 3.11. The first-order chi connectivity index (χ1) is 9.60. The van der Waals surface area contributed by atoms with E-state index in [1.165, 1.54) is 12.1 Å². The van der Waals surface area contributed by atoms with Crippen LogP contribution in [0.25, 0.3) is 0 Å². The number of hydrogen-bond donors (Lipinski definition) is 2. The first-order valence-corrected chi connectivity index (χ1v) is 6.41. The van der Waals surface area contributed by atoms with Gasteiger partial charge >= 0.3 is 0 Å². The minimum Gasteiger partial charge on any atom is -0.381 e. The predicted molar refractivity (Wildman–Crippen MR) is 78.3 cm³/mol. The first kappa shape index (κ1) is 14.1. The standard InChI is InChI=1S/C16H17FN2O/c1-11-9-14(17)7-8-15(11)19-10-12-3-5-13(6-4-12)16(20)18-2/h3-9,19H,10H2,1-2H3,(H,18,20). The molecule has 2 rings (SSSR count). The van der Waals surface area contributed by atoms with Gasteiger partial charge in [-0.2, -0.15) is 0 Å². The van der Waals surface area contributed by atoms with E-state index in [0.29, 0.717) is 12.1 Å². The van der Waals surface area contributed by atoms with Crippen molar-refractivity contribution in [3.63, 3.8) is 0 Å². The van der Waals surface area contributed by atoms with Gasteiger partial charge in [-0.3, -0.25) is 4.79 Å². The molecule has 0 atom stereocenters. The molecule has 0 aliphatic carbocycles. The molecule has 3 nitrogen and oxygen atoms in total. The fraction of sp³-hybridized carbons (Fsp3) is 0.188. The Bertz CT molecular complexity index is 608. The SMILES string of the molecule is CNC(=O)c1ccc(CNc2ccc(F)cc2C)cc1. The lowest BCUT2D eigenvalue weighted by molar-refractivity contribution is 0.0963. The maximum atomic E-state index is 13.0. The first-order valence-electron chi connectivity index (χ1n) is 6.41. The van der Waals surface area contributed by atoms with Gasteiger partial charge in [-0.15, -0.1) is 0 Å². The highest BCUT2D eigenvalue weighted by Gasteiger charge is 2.03. The number of amides is 1. The van der Waals surface area contributed by atoms with Crippen LogP contribution in [-0.4, -0.2) is 13.0 Å². The number of halogens is 1. The Kier molecular flexibility index (Phi) is 4.35. The van der Waals surface area contributed by atoms with Crippen LogP contribution in [0.15, 0.2) is 42.5 Å². The summed E-state index contributed by atoms with van der Waals surface area (Å²) in [5, 5.41) is 5.83. The molecule has 0 aliphatic heterocycles. The largest absolute Gasteiger partial charge is 0.381 e. The third kappa shape index (κ3) is 3.35. The summed E-state index contributed by atoms with van der Waals surface area (Å²) in [6.07, 6.45) is 0. The van der Waals surface area contributed by atoms with E-state index in [9.17, 15) is 9.18 Å². The summed E-state index contributed by atoms with van der Waals surface area (Å²) in [5.74, 6) is -0.332. The molecule has 0 heterocycles. The second kappa shape index (κ2) is 6.19. The van der Waals surface area contributed by atoms with Crippen LogP contribution >= 0.6 is 0 Å². The molecule has 0 unspecified atom stereocenters. The van der Waals surface area contributed by atoms with Gasteiger partial charge in [0.1, 0.15) is 5.82 Å². The Hall–Kier alpha value is -2.36. The van der Waals surface area contributed by atoms with Gasteiger partial charge in [-0.25, -0.2) is 4.39 Å². The Morgan fingerprint density at radius 3 is 2.45 bits per heavy atom. The number of nitrogens with one attached hydrogen (secondary N) is 2. The number of anilines is 1. The zero-order valence-electron chi connectivity index (χ0n) is 11.5. The van der Waals surface area contributed by atoms with Crippen molar-refractivity contribution in [3.05, 3.63) is 65.0 Å². The van der Waals surface area contributed by atoms with Crippen LogP contribution in [0.1, 0.15) is 21.5 Å². The molecule has 0 saturated carbocycles. The average Bonchev–Trinajstić information content (AvgIpc) is 2.46. The maximum Gasteiger partial charge on any atom is 0.251 e. The molecule has 2 aromatic carbocycles. The average molecular weight is 272 g/mol. The van der Waals surface area contributed by atoms with Gasteiger partial charge in [-0.05, 0) is 48.4 Å². The lowest BCUT2D eigenvalue weighted by atomic mass is 10.1. The molecule has 0 bridgehead atoms. The minimum absolute atomic E-state index is 0.0983. The highest BCUT2D eigenvalue weighted by Crippen LogP contribution is 2.16. The Morgan fingerprint density at radius 1 is 1.15 bits per heavy atom. The summed E-state index contributed by atoms with van der Waals surface area (Å²) in [5.41, 5.74) is 3.46. The Balaban J connectivity index is 2.02. The van der Waals surface area contributed by atoms with Gasteiger partial charge in [-0.1, -0.05) is 12.1 Å². The summed E-state index contributed by atoms with van der Waals surface area (Å²) in [4.78, 5) is 11.4. The van der Waals surface area contributed by atoms with Crippen LogP contribution in [0.2, 0.25) is 0 Å². The van der Waals surface area contributed by atoms with Crippen molar-refractivity contribution in [2.24, 2.45) is 0 Å². The van der Waals surface area contributed by atoms with Crippen molar-refractivity contribution in [2.75, 3.05) is 12.4 Å². The van der Waals surface area contributed by atoms with Crippen LogP contribution in [0.4, 0.5) is 10.1 Å². The van der Waals surface area contributed by atoms with Gasteiger partial charge in [0.2, 0.25) is 0 Å². The fourth-order valence-corrected chi connectivity index (χ4v) is 1.94. The molecule has 20 heavy (non-hydrogen) atoms. The molecule has 0 radical (unpaired) electrons. The number of rotatable bonds is 4. The lowest BCUT2D eigenvalue weighted by Crippen LogP contribution is -2.17. The Morgan fingerprint density at radius 2 is 1.85 bits per heavy atom. The smallest absolute Gasteiger partial charge is 0.251 e. The highest BCUT2D eigenvalue weighted by atomic mass is 19.1. The summed E-state index contributed by atoms with van der Waals surface area (Å²) in [6, 6.07) is 12.0. The molecular weight excluding hydrogens is 255 g/mol. The summed E-state index contributed by atoms with van der Waals surface area (Å²) in [7, 11) is 1.61. The number of carbonyl (C=O) groups is 1. The number of carbonyl (C=O) groups excluding carboxylic acids is 1. The van der Waals surface area contributed by atoms with Crippen molar-refractivity contribution in [2.45, 2.75) is 13.5 Å². The molecule has 4 heteroatoms. The van der Waals surface area contributed by atoms with Crippen molar-refractivity contribution in [3.8, 4) is 0 Å². The van der Waals surface area contributed by atoms with E-state index in [4.69, 9.17) is 0 Å². The van der Waals surface area contributed by atoms with E-state index in [0.717, 1.165) is 16.8 Å². The zero-order chi connectivity index (χ0) is 14.5. The summed E-state index contributed by atoms with van der Waals surface area (Å²) >= 11 is 0. The van der Waals surface area contributed by atoms with Crippen LogP contribution in [-0.2, 0) is 6.54 Å². The van der Waals surface area contributed by atoms with Gasteiger partial charge in [0.15, 0.2) is 0 Å². The molecule has 1 amide bonds. The van der Waals surface area contributed by atoms with Crippen LogP contribution in [0, 0.1) is 12.7 Å². The van der Waals surface area contributed by atoms with E-state index in [1.807, 2.05) is 19.1 Å². The van der Waals surface area contributed by atoms with Crippen molar-refractivity contribution in [1.29, 1.82) is 0 Å². The third-order valence-corrected chi connectivity index (χ3v) is 3.11. The van der Waals surface area contributed by atoms with Crippen molar-refractivity contribution < 1.29 is 9.18 Å². The van der Waals surface area contributed by atoms with Gasteiger partial charge in [0.05, 0.1) is 0 Å². The number of benzene rings is 2. The van der Waals surface area contributed by atoms with Gasteiger partial charge in [0.25, 0.3) is 5.91 Å². The molecule has 0 spiro atoms. The highest BCUT2D eigenvalue weighted by molar-refractivity contribution is 5.93. The van der Waals surface area contributed by atoms with Crippen LogP contribution < -0.4 is 10.6 Å². The minimum atomic E-state index is -0.233. The molecule has 0 saturated heterocycles. The molecule has 104 valence electrons. The third-order valence-electron chi connectivity index (χ3n) is 3.11. The van der Waals surface area contributed by atoms with Crippen molar-refractivity contribution >= 4 is 11.6 Å². The van der Waals surface area contributed by atoms with E-state index < -0.39 is 0 Å². The molecule has 0 aromatic heterocycles. The van der Waals surface area contributed by atoms with E-state index in [-0.39, 0.29) is 11.7 Å². The topological polar surface area (TPSA) is 41.1 Å². The second-order valence-corrected chi connectivity index (χ2v) is 4.59. The zero-order valence-corrected chi connectivity index (χ0v) is 11.5. The molecule has 0 fully saturated rings. The molecular formula is C16H17FN2O. The molecule has 2 aromatic rings. The van der Waals surface area contributed by atoms with Crippen LogP contribution in [0.5, 0.6) is 0 Å². The van der Waals surface area contributed by atoms with E-state index >= 15 is 0 Å². The normalized spacial score (nSPS) is 10.2. The van der Waals surface area contributed by atoms with Crippen molar-refractivity contribution in [1.82, 2.24) is 5.32 Å². The number of hydrogen-bond acceptors (Lipinski definition) is 2. The maximum absolute atomic E-state index is 13.0. The second-order valence-electron chi connectivity index (χ2n) is 4.59. The van der Waals surface area contributed by atoms with E-state index in [1.54, 1.807) is 25.2 Å². The monoisotopic (exact) mass is 272 g/mol. The van der Waals surface area contributed by atoms with E-state index in [2.05, 4.69) is 10.6 Å². The number of aryl methyl sites for hydroxylation is 1. The quantitative estimate of drug-likeness (QED) is 0.898. The molecule has 0 aliphatic rings. The van der Waals surface area contributed by atoms with Gasteiger partial charge in [0, 0.05) is 24.8 Å². The molecule has 2 N–H and O–H groups in total. The summed E-state index contributed by atoms with van der Waals surface area (Å²) < 4.78 is 13.0. The fourth-order valence-electron chi connectivity index (χ4n) is 1.94.